The molecule has 1 aromatic heterocycles. The van der Waals surface area contributed by atoms with E-state index in [2.05, 4.69) is 20.6 Å². The van der Waals surface area contributed by atoms with Crippen LogP contribution in [0, 0.1) is 0 Å². The van der Waals surface area contributed by atoms with Gasteiger partial charge in [0, 0.05) is 18.5 Å². The van der Waals surface area contributed by atoms with E-state index >= 15 is 0 Å². The molecule has 17 heavy (non-hydrogen) atoms. The molecular formula is C11H17N5O. The van der Waals surface area contributed by atoms with Crippen molar-refractivity contribution >= 4 is 17.5 Å². The smallest absolute Gasteiger partial charge is 0.239 e. The molecule has 1 amide bonds. The van der Waals surface area contributed by atoms with E-state index in [1.165, 1.54) is 0 Å². The lowest BCUT2D eigenvalue weighted by molar-refractivity contribution is -0.119. The Labute approximate surface area is 100 Å². The summed E-state index contributed by atoms with van der Waals surface area (Å²) >= 11 is 0. The van der Waals surface area contributed by atoms with Gasteiger partial charge in [0.1, 0.15) is 17.5 Å². The fourth-order valence-electron chi connectivity index (χ4n) is 1.53. The third-order valence-corrected chi connectivity index (χ3v) is 2.51. The highest BCUT2D eigenvalue weighted by Gasteiger charge is 2.27. The van der Waals surface area contributed by atoms with Crippen LogP contribution < -0.4 is 16.4 Å². The van der Waals surface area contributed by atoms with Crippen LogP contribution in [-0.2, 0) is 4.79 Å². The Balaban J connectivity index is 1.97. The summed E-state index contributed by atoms with van der Waals surface area (Å²) in [5.74, 6) is 2.23. The number of hydrogen-bond acceptors (Lipinski definition) is 5. The van der Waals surface area contributed by atoms with E-state index in [1.807, 2.05) is 6.92 Å². The number of likely N-dealkylation sites (N-methyl/N-ethyl adjacent to an activating group) is 1. The van der Waals surface area contributed by atoms with E-state index < -0.39 is 0 Å². The highest BCUT2D eigenvalue weighted by molar-refractivity contribution is 5.80. The standard InChI is InChI=1S/C11H17N5O/c1-2-13-10(17)6-14-9-5-8(12)15-11(16-9)7-3-4-7/h5,7H,2-4,6H2,1H3,(H,13,17)(H3,12,14,15,16). The zero-order valence-electron chi connectivity index (χ0n) is 9.86. The largest absolute Gasteiger partial charge is 0.384 e. The van der Waals surface area contributed by atoms with E-state index in [4.69, 9.17) is 5.73 Å². The lowest BCUT2D eigenvalue weighted by atomic mass is 10.4. The van der Waals surface area contributed by atoms with Gasteiger partial charge in [0.15, 0.2) is 0 Å². The molecule has 6 heteroatoms. The molecule has 1 aliphatic carbocycles. The summed E-state index contributed by atoms with van der Waals surface area (Å²) in [4.78, 5) is 19.8. The fourth-order valence-corrected chi connectivity index (χ4v) is 1.53. The SMILES string of the molecule is CCNC(=O)CNc1cc(N)nc(C2CC2)n1. The molecule has 0 bridgehead atoms. The third kappa shape index (κ3) is 3.30. The number of amides is 1. The number of nitrogens with two attached hydrogens (primary N) is 1. The number of hydrogen-bond donors (Lipinski definition) is 3. The van der Waals surface area contributed by atoms with Gasteiger partial charge in [-0.3, -0.25) is 4.79 Å². The van der Waals surface area contributed by atoms with Crippen LogP contribution in [0.5, 0.6) is 0 Å². The summed E-state index contributed by atoms with van der Waals surface area (Å²) in [7, 11) is 0. The highest BCUT2D eigenvalue weighted by atomic mass is 16.1. The number of nitrogens with one attached hydrogen (secondary N) is 2. The normalized spacial score (nSPS) is 14.4. The summed E-state index contributed by atoms with van der Waals surface area (Å²) in [6, 6.07) is 1.64. The van der Waals surface area contributed by atoms with Crippen molar-refractivity contribution in [3.63, 3.8) is 0 Å². The summed E-state index contributed by atoms with van der Waals surface area (Å²) in [6.07, 6.45) is 2.25. The summed E-state index contributed by atoms with van der Waals surface area (Å²) in [5.41, 5.74) is 5.70. The van der Waals surface area contributed by atoms with Crippen molar-refractivity contribution in [3.05, 3.63) is 11.9 Å². The van der Waals surface area contributed by atoms with Crippen LogP contribution in [0.25, 0.3) is 0 Å². The van der Waals surface area contributed by atoms with Gasteiger partial charge in [0.05, 0.1) is 6.54 Å². The fraction of sp³-hybridized carbons (Fsp3) is 0.545. The predicted octanol–water partition coefficient (Wildman–Crippen LogP) is 0.484. The Kier molecular flexibility index (Phi) is 3.41. The molecule has 4 N–H and O–H groups in total. The molecule has 92 valence electrons. The molecular weight excluding hydrogens is 218 g/mol. The second kappa shape index (κ2) is 4.99. The molecule has 1 saturated carbocycles. The Morgan fingerprint density at radius 1 is 1.53 bits per heavy atom. The van der Waals surface area contributed by atoms with Gasteiger partial charge in [-0.15, -0.1) is 0 Å². The molecule has 1 heterocycles. The lowest BCUT2D eigenvalue weighted by Crippen LogP contribution is -2.29. The van der Waals surface area contributed by atoms with Crippen molar-refractivity contribution in [3.8, 4) is 0 Å². The number of rotatable bonds is 5. The molecule has 0 unspecified atom stereocenters. The summed E-state index contributed by atoms with van der Waals surface area (Å²) in [5, 5.41) is 5.65. The number of carbonyl (C=O) groups is 1. The van der Waals surface area contributed by atoms with E-state index in [9.17, 15) is 4.79 Å². The minimum atomic E-state index is -0.0577. The Morgan fingerprint density at radius 3 is 2.94 bits per heavy atom. The summed E-state index contributed by atoms with van der Waals surface area (Å²) in [6.45, 7) is 2.71. The molecule has 1 aliphatic rings. The number of aromatic nitrogens is 2. The van der Waals surface area contributed by atoms with Crippen molar-refractivity contribution < 1.29 is 4.79 Å². The van der Waals surface area contributed by atoms with E-state index in [0.29, 0.717) is 24.1 Å². The maximum Gasteiger partial charge on any atom is 0.239 e. The van der Waals surface area contributed by atoms with Crippen LogP contribution in [0.2, 0.25) is 0 Å². The Bertz CT molecular complexity index is 416. The molecule has 0 aromatic carbocycles. The monoisotopic (exact) mass is 235 g/mol. The zero-order valence-corrected chi connectivity index (χ0v) is 9.86. The van der Waals surface area contributed by atoms with Gasteiger partial charge in [-0.1, -0.05) is 0 Å². The number of anilines is 2. The lowest BCUT2D eigenvalue weighted by Gasteiger charge is -2.07. The van der Waals surface area contributed by atoms with Crippen LogP contribution in [0.4, 0.5) is 11.6 Å². The first-order valence-electron chi connectivity index (χ1n) is 5.84. The van der Waals surface area contributed by atoms with Gasteiger partial charge >= 0.3 is 0 Å². The summed E-state index contributed by atoms with van der Waals surface area (Å²) < 4.78 is 0. The van der Waals surface area contributed by atoms with Gasteiger partial charge in [-0.2, -0.15) is 0 Å². The van der Waals surface area contributed by atoms with Gasteiger partial charge < -0.3 is 16.4 Å². The van der Waals surface area contributed by atoms with E-state index in [-0.39, 0.29) is 12.5 Å². The second-order valence-corrected chi connectivity index (χ2v) is 4.12. The molecule has 0 spiro atoms. The predicted molar refractivity (Wildman–Crippen MR) is 65.6 cm³/mol. The number of nitrogens with zero attached hydrogens (tertiary/aromatic N) is 2. The number of nitrogen functional groups attached to an aromatic ring is 1. The third-order valence-electron chi connectivity index (χ3n) is 2.51. The minimum absolute atomic E-state index is 0.0577. The topological polar surface area (TPSA) is 92.9 Å². The molecule has 1 fully saturated rings. The maximum atomic E-state index is 11.3. The highest BCUT2D eigenvalue weighted by Crippen LogP contribution is 2.38. The quantitative estimate of drug-likeness (QED) is 0.690. The Morgan fingerprint density at radius 2 is 2.29 bits per heavy atom. The van der Waals surface area contributed by atoms with E-state index in [0.717, 1.165) is 18.7 Å². The zero-order chi connectivity index (χ0) is 12.3. The molecule has 2 rings (SSSR count). The molecule has 0 aliphatic heterocycles. The molecule has 1 aromatic rings. The van der Waals surface area contributed by atoms with Crippen molar-refractivity contribution in [1.29, 1.82) is 0 Å². The average molecular weight is 235 g/mol. The first-order chi connectivity index (χ1) is 8.19. The molecule has 0 radical (unpaired) electrons. The first kappa shape index (κ1) is 11.6. The Hall–Kier alpha value is -1.85. The minimum Gasteiger partial charge on any atom is -0.384 e. The van der Waals surface area contributed by atoms with Crippen LogP contribution in [0.3, 0.4) is 0 Å². The van der Waals surface area contributed by atoms with Gasteiger partial charge in [0.2, 0.25) is 5.91 Å². The van der Waals surface area contributed by atoms with Crippen molar-refractivity contribution in [2.24, 2.45) is 0 Å². The number of carbonyl (C=O) groups excluding carboxylic acids is 1. The van der Waals surface area contributed by atoms with Crippen LogP contribution in [0.1, 0.15) is 31.5 Å². The molecule has 6 nitrogen and oxygen atoms in total. The average Bonchev–Trinajstić information content (AvgIpc) is 3.10. The van der Waals surface area contributed by atoms with Gasteiger partial charge in [-0.25, -0.2) is 9.97 Å². The van der Waals surface area contributed by atoms with Crippen LogP contribution >= 0.6 is 0 Å². The van der Waals surface area contributed by atoms with Crippen LogP contribution in [0.15, 0.2) is 6.07 Å². The maximum absolute atomic E-state index is 11.3. The van der Waals surface area contributed by atoms with Crippen molar-refractivity contribution in [1.82, 2.24) is 15.3 Å². The van der Waals surface area contributed by atoms with Crippen molar-refractivity contribution in [2.45, 2.75) is 25.7 Å². The second-order valence-electron chi connectivity index (χ2n) is 4.12. The van der Waals surface area contributed by atoms with E-state index in [1.54, 1.807) is 6.07 Å². The first-order valence-corrected chi connectivity index (χ1v) is 5.84. The molecule has 0 saturated heterocycles. The molecule has 0 atom stereocenters. The van der Waals surface area contributed by atoms with Crippen LogP contribution in [-0.4, -0.2) is 29.0 Å². The van der Waals surface area contributed by atoms with Crippen molar-refractivity contribution in [2.75, 3.05) is 24.1 Å². The van der Waals surface area contributed by atoms with Gasteiger partial charge in [-0.05, 0) is 19.8 Å². The van der Waals surface area contributed by atoms with Gasteiger partial charge in [0.25, 0.3) is 0 Å².